The van der Waals surface area contributed by atoms with Crippen molar-refractivity contribution in [1.29, 1.82) is 0 Å². The first kappa shape index (κ1) is 12.2. The molecule has 1 aromatic rings. The first-order chi connectivity index (χ1) is 8.15. The minimum atomic E-state index is -0.0301. The van der Waals surface area contributed by atoms with Gasteiger partial charge in [0.25, 0.3) is 5.91 Å². The van der Waals surface area contributed by atoms with E-state index in [2.05, 4.69) is 6.92 Å². The maximum Gasteiger partial charge on any atom is 0.257 e. The van der Waals surface area contributed by atoms with E-state index in [4.69, 9.17) is 17.3 Å². The lowest BCUT2D eigenvalue weighted by molar-refractivity contribution is 0.0744. The maximum absolute atomic E-state index is 12.4. The summed E-state index contributed by atoms with van der Waals surface area (Å²) in [5.41, 5.74) is 6.76. The van der Waals surface area contributed by atoms with Crippen LogP contribution in [0.15, 0.2) is 18.2 Å². The fourth-order valence-electron chi connectivity index (χ4n) is 1.99. The van der Waals surface area contributed by atoms with Crippen molar-refractivity contribution in [3.8, 4) is 0 Å². The summed E-state index contributed by atoms with van der Waals surface area (Å²) in [7, 11) is 0. The number of anilines is 1. The highest BCUT2D eigenvalue weighted by molar-refractivity contribution is 6.34. The third kappa shape index (κ3) is 2.55. The van der Waals surface area contributed by atoms with E-state index >= 15 is 0 Å². The average Bonchev–Trinajstić information content (AvgIpc) is 3.09. The van der Waals surface area contributed by atoms with E-state index in [9.17, 15) is 4.79 Å². The van der Waals surface area contributed by atoms with Gasteiger partial charge in [0.15, 0.2) is 0 Å². The fraction of sp³-hybridized carbons (Fsp3) is 0.462. The molecule has 0 spiro atoms. The summed E-state index contributed by atoms with van der Waals surface area (Å²) in [5.74, 6) is -0.0301. The molecule has 1 amide bonds. The molecule has 0 saturated heterocycles. The summed E-state index contributed by atoms with van der Waals surface area (Å²) in [5, 5.41) is 0.441. The van der Waals surface area contributed by atoms with Crippen LogP contribution in [0.3, 0.4) is 0 Å². The van der Waals surface area contributed by atoms with Gasteiger partial charge in [-0.05, 0) is 31.4 Å². The molecule has 0 aromatic heterocycles. The van der Waals surface area contributed by atoms with Gasteiger partial charge in [-0.15, -0.1) is 0 Å². The molecule has 2 rings (SSSR count). The quantitative estimate of drug-likeness (QED) is 0.838. The van der Waals surface area contributed by atoms with Crippen LogP contribution in [0.1, 0.15) is 36.5 Å². The molecule has 1 aromatic carbocycles. The van der Waals surface area contributed by atoms with E-state index in [1.165, 1.54) is 0 Å². The number of rotatable bonds is 4. The van der Waals surface area contributed by atoms with E-state index in [1.807, 2.05) is 4.90 Å². The third-order valence-electron chi connectivity index (χ3n) is 2.97. The molecule has 1 saturated carbocycles. The molecular formula is C13H17ClN2O. The Hall–Kier alpha value is -1.22. The van der Waals surface area contributed by atoms with E-state index in [0.29, 0.717) is 22.3 Å². The predicted molar refractivity (Wildman–Crippen MR) is 70.2 cm³/mol. The van der Waals surface area contributed by atoms with Crippen molar-refractivity contribution in [3.63, 3.8) is 0 Å². The first-order valence-corrected chi connectivity index (χ1v) is 6.38. The number of benzene rings is 1. The van der Waals surface area contributed by atoms with Gasteiger partial charge in [-0.3, -0.25) is 4.79 Å². The van der Waals surface area contributed by atoms with Crippen LogP contribution in [-0.2, 0) is 0 Å². The molecule has 0 aliphatic heterocycles. The summed E-state index contributed by atoms with van der Waals surface area (Å²) in [4.78, 5) is 14.3. The molecule has 0 radical (unpaired) electrons. The Kier molecular flexibility index (Phi) is 3.57. The number of nitrogens with zero attached hydrogens (tertiary/aromatic N) is 1. The van der Waals surface area contributed by atoms with Crippen molar-refractivity contribution in [2.75, 3.05) is 12.3 Å². The van der Waals surface area contributed by atoms with Crippen molar-refractivity contribution >= 4 is 23.2 Å². The lowest BCUT2D eigenvalue weighted by Gasteiger charge is -2.23. The number of halogens is 1. The van der Waals surface area contributed by atoms with Gasteiger partial charge in [-0.1, -0.05) is 24.6 Å². The molecule has 0 atom stereocenters. The Bertz CT molecular complexity index is 409. The summed E-state index contributed by atoms with van der Waals surface area (Å²) in [6, 6.07) is 5.58. The molecule has 3 nitrogen and oxygen atoms in total. The maximum atomic E-state index is 12.4. The second kappa shape index (κ2) is 4.96. The van der Waals surface area contributed by atoms with Gasteiger partial charge in [-0.2, -0.15) is 0 Å². The molecule has 1 aliphatic carbocycles. The van der Waals surface area contributed by atoms with Gasteiger partial charge in [0.05, 0.1) is 10.6 Å². The molecule has 0 bridgehead atoms. The lowest BCUT2D eigenvalue weighted by atomic mass is 10.1. The van der Waals surface area contributed by atoms with Crippen molar-refractivity contribution in [2.45, 2.75) is 32.2 Å². The number of nitrogens with two attached hydrogens (primary N) is 1. The number of carbonyl (C=O) groups is 1. The number of amides is 1. The summed E-state index contributed by atoms with van der Waals surface area (Å²) >= 11 is 6.07. The highest BCUT2D eigenvalue weighted by atomic mass is 35.5. The molecule has 0 unspecified atom stereocenters. The SMILES string of the molecule is CCCN(C(=O)c1c(N)cccc1Cl)C1CC1. The van der Waals surface area contributed by atoms with Crippen LogP contribution in [0, 0.1) is 0 Å². The van der Waals surface area contributed by atoms with Crippen LogP contribution >= 0.6 is 11.6 Å². The Labute approximate surface area is 107 Å². The number of hydrogen-bond donors (Lipinski definition) is 1. The smallest absolute Gasteiger partial charge is 0.257 e. The van der Waals surface area contributed by atoms with E-state index < -0.39 is 0 Å². The van der Waals surface area contributed by atoms with Crippen LogP contribution in [0.4, 0.5) is 5.69 Å². The van der Waals surface area contributed by atoms with Gasteiger partial charge < -0.3 is 10.6 Å². The summed E-state index contributed by atoms with van der Waals surface area (Å²) in [6.07, 6.45) is 3.14. The Balaban J connectivity index is 2.28. The Morgan fingerprint density at radius 3 is 2.76 bits per heavy atom. The Morgan fingerprint density at radius 1 is 1.53 bits per heavy atom. The highest BCUT2D eigenvalue weighted by Crippen LogP contribution is 2.31. The summed E-state index contributed by atoms with van der Waals surface area (Å²) in [6.45, 7) is 2.84. The van der Waals surface area contributed by atoms with Crippen molar-refractivity contribution in [1.82, 2.24) is 4.90 Å². The van der Waals surface area contributed by atoms with E-state index in [-0.39, 0.29) is 5.91 Å². The highest BCUT2D eigenvalue weighted by Gasteiger charge is 2.33. The van der Waals surface area contributed by atoms with Gasteiger partial charge in [0.2, 0.25) is 0 Å². The van der Waals surface area contributed by atoms with Gasteiger partial charge >= 0.3 is 0 Å². The topological polar surface area (TPSA) is 46.3 Å². The second-order valence-electron chi connectivity index (χ2n) is 4.43. The monoisotopic (exact) mass is 252 g/mol. The molecule has 4 heteroatoms. The van der Waals surface area contributed by atoms with E-state index in [1.54, 1.807) is 18.2 Å². The zero-order valence-electron chi connectivity index (χ0n) is 9.95. The molecule has 17 heavy (non-hydrogen) atoms. The van der Waals surface area contributed by atoms with Gasteiger partial charge in [-0.25, -0.2) is 0 Å². The number of hydrogen-bond acceptors (Lipinski definition) is 2. The van der Waals surface area contributed by atoms with Crippen molar-refractivity contribution in [3.05, 3.63) is 28.8 Å². The molecule has 1 aliphatic rings. The Morgan fingerprint density at radius 2 is 2.24 bits per heavy atom. The molecule has 0 heterocycles. The lowest BCUT2D eigenvalue weighted by Crippen LogP contribution is -2.34. The molecular weight excluding hydrogens is 236 g/mol. The minimum Gasteiger partial charge on any atom is -0.398 e. The molecule has 1 fully saturated rings. The number of nitrogen functional groups attached to an aromatic ring is 1. The van der Waals surface area contributed by atoms with Crippen molar-refractivity contribution in [2.24, 2.45) is 0 Å². The van der Waals surface area contributed by atoms with Crippen LogP contribution in [0.5, 0.6) is 0 Å². The van der Waals surface area contributed by atoms with Crippen molar-refractivity contribution < 1.29 is 4.79 Å². The normalized spacial score (nSPS) is 14.7. The van der Waals surface area contributed by atoms with E-state index in [0.717, 1.165) is 25.8 Å². The van der Waals surface area contributed by atoms with Crippen LogP contribution in [0.2, 0.25) is 5.02 Å². The van der Waals surface area contributed by atoms with Gasteiger partial charge in [0.1, 0.15) is 0 Å². The average molecular weight is 253 g/mol. The molecule has 2 N–H and O–H groups in total. The fourth-order valence-corrected chi connectivity index (χ4v) is 2.25. The van der Waals surface area contributed by atoms with Crippen LogP contribution in [0.25, 0.3) is 0 Å². The number of carbonyl (C=O) groups excluding carboxylic acids is 1. The minimum absolute atomic E-state index is 0.0301. The van der Waals surface area contributed by atoms with Gasteiger partial charge in [0, 0.05) is 18.3 Å². The van der Waals surface area contributed by atoms with Crippen LogP contribution < -0.4 is 5.73 Å². The zero-order chi connectivity index (χ0) is 12.4. The zero-order valence-corrected chi connectivity index (χ0v) is 10.7. The van der Waals surface area contributed by atoms with Crippen LogP contribution in [-0.4, -0.2) is 23.4 Å². The third-order valence-corrected chi connectivity index (χ3v) is 3.29. The largest absolute Gasteiger partial charge is 0.398 e. The second-order valence-corrected chi connectivity index (χ2v) is 4.84. The summed E-state index contributed by atoms with van der Waals surface area (Å²) < 4.78 is 0. The first-order valence-electron chi connectivity index (χ1n) is 6.00. The standard InChI is InChI=1S/C13H17ClN2O/c1-2-8-16(9-6-7-9)13(17)12-10(14)4-3-5-11(12)15/h3-5,9H,2,6-8,15H2,1H3. The molecule has 92 valence electrons. The predicted octanol–water partition coefficient (Wildman–Crippen LogP) is 2.94.